The van der Waals surface area contributed by atoms with Crippen LogP contribution in [0.3, 0.4) is 0 Å². The summed E-state index contributed by atoms with van der Waals surface area (Å²) in [5, 5.41) is 11.4. The molecule has 2 rings (SSSR count). The minimum Gasteiger partial charge on any atom is -0.462 e. The molecule has 36 heavy (non-hydrogen) atoms. The number of nitro groups is 1. The van der Waals surface area contributed by atoms with Gasteiger partial charge in [0.15, 0.2) is 0 Å². The Balaban J connectivity index is 2.23. The Hall–Kier alpha value is -3.07. The van der Waals surface area contributed by atoms with E-state index in [1.165, 1.54) is 37.5 Å². The van der Waals surface area contributed by atoms with Crippen LogP contribution in [-0.2, 0) is 23.8 Å². The van der Waals surface area contributed by atoms with Gasteiger partial charge in [-0.2, -0.15) is 0 Å². The van der Waals surface area contributed by atoms with E-state index in [1.807, 2.05) is 0 Å². The third-order valence-corrected chi connectivity index (χ3v) is 5.95. The van der Waals surface area contributed by atoms with Gasteiger partial charge in [-0.05, 0) is 39.7 Å². The lowest BCUT2D eigenvalue weighted by atomic mass is 9.75. The lowest BCUT2D eigenvalue weighted by molar-refractivity contribution is -0.384. The highest BCUT2D eigenvalue weighted by Crippen LogP contribution is 2.41. The van der Waals surface area contributed by atoms with E-state index in [4.69, 9.17) is 14.2 Å². The average molecular weight is 503 g/mol. The number of hydrogen-bond acceptors (Lipinski definition) is 8. The first-order chi connectivity index (χ1) is 17.2. The first-order valence-corrected chi connectivity index (χ1v) is 12.6. The van der Waals surface area contributed by atoms with Gasteiger partial charge < -0.3 is 14.2 Å². The molecule has 9 nitrogen and oxygen atoms in total. The SMILES string of the molecule is CCCCCCCOCCOC(=O)C1=C(C)N=C(C)C(C(=O)OC(C)C)C1c1cccc([N+](=O)[O-])c1. The first kappa shape index (κ1) is 29.2. The van der Waals surface area contributed by atoms with Crippen molar-refractivity contribution >= 4 is 23.3 Å². The van der Waals surface area contributed by atoms with E-state index in [-0.39, 0.29) is 30.6 Å². The molecule has 198 valence electrons. The Bertz CT molecular complexity index is 984. The van der Waals surface area contributed by atoms with Crippen molar-refractivity contribution in [1.82, 2.24) is 0 Å². The van der Waals surface area contributed by atoms with Crippen LogP contribution in [0.5, 0.6) is 0 Å². The zero-order valence-corrected chi connectivity index (χ0v) is 22.0. The maximum atomic E-state index is 13.2. The highest BCUT2D eigenvalue weighted by molar-refractivity contribution is 6.07. The van der Waals surface area contributed by atoms with Crippen molar-refractivity contribution in [2.24, 2.45) is 10.9 Å². The number of nitro benzene ring substituents is 1. The Morgan fingerprint density at radius 1 is 1.08 bits per heavy atom. The van der Waals surface area contributed by atoms with Gasteiger partial charge in [-0.3, -0.25) is 19.9 Å². The Morgan fingerprint density at radius 2 is 1.81 bits per heavy atom. The number of non-ortho nitro benzene ring substituents is 1. The molecule has 1 aliphatic rings. The van der Waals surface area contributed by atoms with Gasteiger partial charge >= 0.3 is 11.9 Å². The van der Waals surface area contributed by atoms with E-state index in [9.17, 15) is 19.7 Å². The summed E-state index contributed by atoms with van der Waals surface area (Å²) >= 11 is 0. The van der Waals surface area contributed by atoms with E-state index in [2.05, 4.69) is 11.9 Å². The average Bonchev–Trinajstić information content (AvgIpc) is 2.81. The standard InChI is InChI=1S/C27H38N2O7/c1-6-7-8-9-10-14-34-15-16-35-26(30)23-19(4)28-20(5)24(27(31)36-18(2)3)25(23)21-12-11-13-22(17-21)29(32)33/h11-13,17-18,24-25H,6-10,14-16H2,1-5H3. The van der Waals surface area contributed by atoms with Crippen LogP contribution in [-0.4, -0.2) is 48.5 Å². The molecule has 1 aromatic carbocycles. The Kier molecular flexibility index (Phi) is 11.7. The summed E-state index contributed by atoms with van der Waals surface area (Å²) in [5.74, 6) is -2.93. The van der Waals surface area contributed by atoms with Crippen molar-refractivity contribution in [2.45, 2.75) is 78.7 Å². The zero-order chi connectivity index (χ0) is 26.7. The molecule has 0 saturated carbocycles. The number of esters is 2. The summed E-state index contributed by atoms with van der Waals surface area (Å²) in [6, 6.07) is 5.93. The van der Waals surface area contributed by atoms with Gasteiger partial charge in [-0.1, -0.05) is 44.7 Å². The maximum Gasteiger partial charge on any atom is 0.336 e. The molecule has 0 aromatic heterocycles. The van der Waals surface area contributed by atoms with Crippen LogP contribution in [0.4, 0.5) is 5.69 Å². The summed E-state index contributed by atoms with van der Waals surface area (Å²) in [7, 11) is 0. The van der Waals surface area contributed by atoms with Crippen molar-refractivity contribution < 1.29 is 28.7 Å². The Labute approximate surface area is 213 Å². The van der Waals surface area contributed by atoms with E-state index in [0.29, 0.717) is 23.6 Å². The number of unbranched alkanes of at least 4 members (excludes halogenated alkanes) is 4. The summed E-state index contributed by atoms with van der Waals surface area (Å²) in [4.78, 5) is 41.7. The lowest BCUT2D eigenvalue weighted by Gasteiger charge is -2.32. The number of benzene rings is 1. The predicted molar refractivity (Wildman–Crippen MR) is 137 cm³/mol. The molecule has 1 heterocycles. The van der Waals surface area contributed by atoms with E-state index < -0.39 is 28.7 Å². The van der Waals surface area contributed by atoms with Crippen LogP contribution in [0.2, 0.25) is 0 Å². The molecule has 0 aliphatic carbocycles. The third-order valence-electron chi connectivity index (χ3n) is 5.95. The van der Waals surface area contributed by atoms with Gasteiger partial charge in [0.25, 0.3) is 5.69 Å². The number of carbonyl (C=O) groups excluding carboxylic acids is 2. The van der Waals surface area contributed by atoms with Crippen LogP contribution in [0.25, 0.3) is 0 Å². The highest BCUT2D eigenvalue weighted by Gasteiger charge is 2.43. The fraction of sp³-hybridized carbons (Fsp3) is 0.593. The summed E-state index contributed by atoms with van der Waals surface area (Å²) < 4.78 is 16.5. The molecule has 2 atom stereocenters. The largest absolute Gasteiger partial charge is 0.462 e. The first-order valence-electron chi connectivity index (χ1n) is 12.6. The van der Waals surface area contributed by atoms with Crippen molar-refractivity contribution in [3.63, 3.8) is 0 Å². The van der Waals surface area contributed by atoms with Crippen molar-refractivity contribution in [3.05, 3.63) is 51.2 Å². The second-order valence-electron chi connectivity index (χ2n) is 9.21. The molecule has 1 aliphatic heterocycles. The second kappa shape index (κ2) is 14.5. The quantitative estimate of drug-likeness (QED) is 0.142. The lowest BCUT2D eigenvalue weighted by Crippen LogP contribution is -2.37. The molecule has 0 saturated heterocycles. The minimum atomic E-state index is -0.917. The molecule has 0 amide bonds. The van der Waals surface area contributed by atoms with Gasteiger partial charge in [0.05, 0.1) is 23.2 Å². The number of allylic oxidation sites excluding steroid dienone is 1. The van der Waals surface area contributed by atoms with Crippen LogP contribution in [0.1, 0.15) is 78.2 Å². The van der Waals surface area contributed by atoms with Gasteiger partial charge in [-0.15, -0.1) is 0 Å². The second-order valence-corrected chi connectivity index (χ2v) is 9.21. The van der Waals surface area contributed by atoms with Crippen LogP contribution in [0.15, 0.2) is 40.5 Å². The minimum absolute atomic E-state index is 0.0516. The summed E-state index contributed by atoms with van der Waals surface area (Å²) in [5.41, 5.74) is 1.36. The van der Waals surface area contributed by atoms with Crippen molar-refractivity contribution in [1.29, 1.82) is 0 Å². The van der Waals surface area contributed by atoms with Crippen LogP contribution >= 0.6 is 0 Å². The molecule has 0 spiro atoms. The monoisotopic (exact) mass is 502 g/mol. The highest BCUT2D eigenvalue weighted by atomic mass is 16.6. The molecule has 0 fully saturated rings. The van der Waals surface area contributed by atoms with Crippen LogP contribution < -0.4 is 0 Å². The topological polar surface area (TPSA) is 117 Å². The van der Waals surface area contributed by atoms with Gasteiger partial charge in [0.1, 0.15) is 12.5 Å². The molecule has 0 radical (unpaired) electrons. The third kappa shape index (κ3) is 8.26. The fourth-order valence-electron chi connectivity index (χ4n) is 4.29. The number of aliphatic imine (C=N–C) groups is 1. The number of ether oxygens (including phenoxy) is 3. The molecule has 0 bridgehead atoms. The molecule has 9 heteroatoms. The predicted octanol–water partition coefficient (Wildman–Crippen LogP) is 5.52. The van der Waals surface area contributed by atoms with Crippen molar-refractivity contribution in [2.75, 3.05) is 19.8 Å². The summed E-state index contributed by atoms with van der Waals surface area (Å²) in [6.45, 7) is 9.90. The number of hydrogen-bond donors (Lipinski definition) is 0. The smallest absolute Gasteiger partial charge is 0.336 e. The number of rotatable bonds is 14. The van der Waals surface area contributed by atoms with E-state index >= 15 is 0 Å². The fourth-order valence-corrected chi connectivity index (χ4v) is 4.29. The normalized spacial score (nSPS) is 17.7. The molecule has 0 N–H and O–H groups in total. The van der Waals surface area contributed by atoms with Gasteiger partial charge in [0, 0.05) is 36.1 Å². The summed E-state index contributed by atoms with van der Waals surface area (Å²) in [6.07, 6.45) is 5.27. The molecular weight excluding hydrogens is 464 g/mol. The van der Waals surface area contributed by atoms with E-state index in [1.54, 1.807) is 33.8 Å². The number of carbonyl (C=O) groups is 2. The van der Waals surface area contributed by atoms with Crippen LogP contribution in [0, 0.1) is 16.0 Å². The van der Waals surface area contributed by atoms with Gasteiger partial charge in [-0.25, -0.2) is 4.79 Å². The molecule has 1 aromatic rings. The molecular formula is C27H38N2O7. The maximum absolute atomic E-state index is 13.2. The molecule has 2 unspecified atom stereocenters. The van der Waals surface area contributed by atoms with Gasteiger partial charge in [0.2, 0.25) is 0 Å². The number of nitrogens with zero attached hydrogens (tertiary/aromatic N) is 2. The zero-order valence-electron chi connectivity index (χ0n) is 22.0. The van der Waals surface area contributed by atoms with E-state index in [0.717, 1.165) is 12.8 Å². The Morgan fingerprint density at radius 3 is 2.47 bits per heavy atom. The van der Waals surface area contributed by atoms with Crippen molar-refractivity contribution in [3.8, 4) is 0 Å².